The molecule has 0 aliphatic carbocycles. The molecule has 1 aromatic heterocycles. The first-order valence-electron chi connectivity index (χ1n) is 14.5. The van der Waals surface area contributed by atoms with Crippen LogP contribution in [0.25, 0.3) is 0 Å². The number of carbonyl (C=O) groups is 1. The highest BCUT2D eigenvalue weighted by Crippen LogP contribution is 2.34. The maximum Gasteiger partial charge on any atom is 0.321 e. The molecular weight excluding hydrogens is 501 g/mol. The number of likely N-dealkylation sites (tertiary alicyclic amines) is 2. The molecule has 214 valence electrons. The van der Waals surface area contributed by atoms with Crippen LogP contribution in [0.15, 0.2) is 73.1 Å². The highest BCUT2D eigenvalue weighted by Gasteiger charge is 2.40. The van der Waals surface area contributed by atoms with Crippen molar-refractivity contribution < 1.29 is 14.3 Å². The largest absolute Gasteiger partial charge is 0.480 e. The van der Waals surface area contributed by atoms with E-state index in [2.05, 4.69) is 59.5 Å². The fraction of sp³-hybridized carbons (Fsp3) is 0.471. The maximum absolute atomic E-state index is 13.3. The predicted octanol–water partition coefficient (Wildman–Crippen LogP) is 6.60. The van der Waals surface area contributed by atoms with Gasteiger partial charge in [-0.2, -0.15) is 0 Å². The summed E-state index contributed by atoms with van der Waals surface area (Å²) in [5, 5.41) is 9.47. The van der Waals surface area contributed by atoms with Crippen molar-refractivity contribution in [2.24, 2.45) is 5.41 Å². The monoisotopic (exact) mass is 545 g/mol. The quantitative estimate of drug-likeness (QED) is 0.378. The Morgan fingerprint density at radius 3 is 2.27 bits per heavy atom. The molecule has 40 heavy (non-hydrogen) atoms. The zero-order chi connectivity index (χ0) is 28.7. The van der Waals surface area contributed by atoms with Crippen LogP contribution in [0.5, 0.6) is 0 Å². The van der Waals surface area contributed by atoms with Crippen LogP contribution < -0.4 is 0 Å². The molecule has 0 spiro atoms. The van der Waals surface area contributed by atoms with E-state index in [0.717, 1.165) is 24.9 Å². The van der Waals surface area contributed by atoms with E-state index in [0.29, 0.717) is 12.5 Å². The lowest BCUT2D eigenvalue weighted by atomic mass is 9.85. The number of aromatic nitrogens is 1. The molecule has 5 rings (SSSR count). The number of benzene rings is 2. The van der Waals surface area contributed by atoms with E-state index in [1.807, 2.05) is 37.9 Å². The Kier molecular flexibility index (Phi) is 10.1. The van der Waals surface area contributed by atoms with Crippen molar-refractivity contribution in [2.75, 3.05) is 33.2 Å². The second-order valence-electron chi connectivity index (χ2n) is 12.5. The number of pyridine rings is 1. The molecule has 2 saturated heterocycles. The minimum Gasteiger partial charge on any atom is -0.480 e. The molecule has 6 heteroatoms. The van der Waals surface area contributed by atoms with E-state index in [1.165, 1.54) is 48.7 Å². The number of piperidine rings is 1. The number of hydrogen-bond acceptors (Lipinski definition) is 4. The molecular formula is C34H44FN3O2. The van der Waals surface area contributed by atoms with Crippen LogP contribution in [0.3, 0.4) is 0 Å². The van der Waals surface area contributed by atoms with Gasteiger partial charge >= 0.3 is 5.97 Å². The number of halogens is 1. The van der Waals surface area contributed by atoms with Gasteiger partial charge in [0.1, 0.15) is 11.9 Å². The van der Waals surface area contributed by atoms with Gasteiger partial charge in [0.25, 0.3) is 0 Å². The number of aliphatic carboxylic acids is 1. The molecule has 2 atom stereocenters. The van der Waals surface area contributed by atoms with Crippen LogP contribution in [-0.4, -0.2) is 65.1 Å². The van der Waals surface area contributed by atoms with Gasteiger partial charge in [-0.05, 0) is 104 Å². The summed E-state index contributed by atoms with van der Waals surface area (Å²) in [6.07, 6.45) is 8.44. The Morgan fingerprint density at radius 2 is 1.62 bits per heavy atom. The summed E-state index contributed by atoms with van der Waals surface area (Å²) >= 11 is 0. The first-order valence-corrected chi connectivity index (χ1v) is 14.5. The maximum atomic E-state index is 13.3. The van der Waals surface area contributed by atoms with Gasteiger partial charge in [-0.1, -0.05) is 69.3 Å². The summed E-state index contributed by atoms with van der Waals surface area (Å²) in [5.41, 5.74) is 4.75. The van der Waals surface area contributed by atoms with Crippen molar-refractivity contribution >= 4 is 5.97 Å². The van der Waals surface area contributed by atoms with Crippen molar-refractivity contribution in [3.05, 3.63) is 101 Å². The molecule has 2 aromatic carbocycles. The summed E-state index contributed by atoms with van der Waals surface area (Å²) in [4.78, 5) is 20.4. The van der Waals surface area contributed by atoms with E-state index >= 15 is 0 Å². The third-order valence-corrected chi connectivity index (χ3v) is 8.22. The van der Waals surface area contributed by atoms with Gasteiger partial charge in [0.05, 0.1) is 0 Å². The van der Waals surface area contributed by atoms with Crippen LogP contribution in [0.4, 0.5) is 4.39 Å². The second kappa shape index (κ2) is 13.5. The molecule has 2 fully saturated rings. The lowest BCUT2D eigenvalue weighted by Gasteiger charge is -2.34. The Balaban J connectivity index is 0.000000185. The normalized spacial score (nSPS) is 19.6. The lowest BCUT2D eigenvalue weighted by molar-refractivity contribution is -0.147. The number of carboxylic acid groups (broad SMARTS) is 1. The van der Waals surface area contributed by atoms with Crippen LogP contribution in [0.2, 0.25) is 0 Å². The summed E-state index contributed by atoms with van der Waals surface area (Å²) in [6.45, 7) is 9.66. The molecule has 2 unspecified atom stereocenters. The van der Waals surface area contributed by atoms with Gasteiger partial charge in [0.15, 0.2) is 0 Å². The molecule has 3 aromatic rings. The fourth-order valence-corrected chi connectivity index (χ4v) is 6.13. The van der Waals surface area contributed by atoms with Gasteiger partial charge < -0.3 is 10.0 Å². The van der Waals surface area contributed by atoms with E-state index in [1.54, 1.807) is 12.1 Å². The third-order valence-electron chi connectivity index (χ3n) is 8.22. The zero-order valence-electron chi connectivity index (χ0n) is 24.4. The van der Waals surface area contributed by atoms with Gasteiger partial charge in [-0.25, -0.2) is 4.39 Å². The van der Waals surface area contributed by atoms with Gasteiger partial charge in [0, 0.05) is 18.9 Å². The zero-order valence-corrected chi connectivity index (χ0v) is 24.4. The molecule has 2 aliphatic rings. The minimum absolute atomic E-state index is 0.217. The van der Waals surface area contributed by atoms with Crippen LogP contribution >= 0.6 is 0 Å². The van der Waals surface area contributed by atoms with Crippen molar-refractivity contribution in [3.8, 4) is 0 Å². The Hall–Kier alpha value is -3.09. The molecule has 2 aliphatic heterocycles. The summed E-state index contributed by atoms with van der Waals surface area (Å²) < 4.78 is 13.3. The van der Waals surface area contributed by atoms with E-state index < -0.39 is 12.0 Å². The molecule has 3 heterocycles. The highest BCUT2D eigenvalue weighted by molar-refractivity contribution is 5.74. The van der Waals surface area contributed by atoms with Crippen molar-refractivity contribution in [2.45, 2.75) is 64.3 Å². The number of rotatable bonds is 6. The summed E-state index contributed by atoms with van der Waals surface area (Å²) in [7, 11) is 2.21. The minimum atomic E-state index is -0.780. The first kappa shape index (κ1) is 29.9. The SMILES string of the molecule is CC(C)(C)C(C(=O)O)N1CCC(c2cccc(F)c2)C1.CN1CCC(c2cncc(Cc3ccccc3)c2)CC1. The summed E-state index contributed by atoms with van der Waals surface area (Å²) in [5.74, 6) is -0.103. The standard InChI is InChI=1S/C18H22N2.C16H22FNO2/c1-20-9-7-17(8-10-20)18-12-16(13-19-14-18)11-15-5-3-2-4-6-15;1-16(2,3)14(15(19)20)18-8-7-12(10-18)11-5-4-6-13(17)9-11/h2-6,12-14,17H,7-11H2,1H3;4-6,9,12,14H,7-8,10H2,1-3H3,(H,19,20). The smallest absolute Gasteiger partial charge is 0.321 e. The van der Waals surface area contributed by atoms with Crippen molar-refractivity contribution in [1.29, 1.82) is 0 Å². The first-order chi connectivity index (χ1) is 19.1. The molecule has 0 saturated carbocycles. The fourth-order valence-electron chi connectivity index (χ4n) is 6.13. The van der Waals surface area contributed by atoms with Crippen LogP contribution in [-0.2, 0) is 11.2 Å². The van der Waals surface area contributed by atoms with Crippen molar-refractivity contribution in [1.82, 2.24) is 14.8 Å². The van der Waals surface area contributed by atoms with Gasteiger partial charge in [-0.3, -0.25) is 14.7 Å². The molecule has 0 bridgehead atoms. The number of carboxylic acids is 1. The Bertz CT molecular complexity index is 1240. The number of hydrogen-bond donors (Lipinski definition) is 1. The van der Waals surface area contributed by atoms with Gasteiger partial charge in [0.2, 0.25) is 0 Å². The highest BCUT2D eigenvalue weighted by atomic mass is 19.1. The van der Waals surface area contributed by atoms with Crippen LogP contribution in [0, 0.1) is 11.2 Å². The van der Waals surface area contributed by atoms with E-state index in [-0.39, 0.29) is 17.2 Å². The molecule has 1 N–H and O–H groups in total. The average Bonchev–Trinajstić information content (AvgIpc) is 3.38. The van der Waals surface area contributed by atoms with Crippen LogP contribution in [0.1, 0.15) is 74.1 Å². The van der Waals surface area contributed by atoms with Gasteiger partial charge in [-0.15, -0.1) is 0 Å². The third kappa shape index (κ3) is 8.21. The molecule has 0 radical (unpaired) electrons. The summed E-state index contributed by atoms with van der Waals surface area (Å²) in [6, 6.07) is 19.1. The predicted molar refractivity (Wildman–Crippen MR) is 159 cm³/mol. The molecule has 5 nitrogen and oxygen atoms in total. The van der Waals surface area contributed by atoms with E-state index in [9.17, 15) is 14.3 Å². The second-order valence-corrected chi connectivity index (χ2v) is 12.5. The Labute approximate surface area is 239 Å². The number of nitrogens with zero attached hydrogens (tertiary/aromatic N) is 3. The van der Waals surface area contributed by atoms with E-state index in [4.69, 9.17) is 0 Å². The molecule has 0 amide bonds. The average molecular weight is 546 g/mol. The lowest BCUT2D eigenvalue weighted by Crippen LogP contribution is -2.48. The van der Waals surface area contributed by atoms with Crippen molar-refractivity contribution in [3.63, 3.8) is 0 Å². The topological polar surface area (TPSA) is 56.7 Å². The Morgan fingerprint density at radius 1 is 0.925 bits per heavy atom.